The van der Waals surface area contributed by atoms with Gasteiger partial charge in [0.25, 0.3) is 5.91 Å². The summed E-state index contributed by atoms with van der Waals surface area (Å²) in [6.07, 6.45) is 0. The number of amides is 1. The average molecular weight is 286 g/mol. The van der Waals surface area contributed by atoms with Gasteiger partial charge in [-0.3, -0.25) is 4.79 Å². The molecule has 0 bridgehead atoms. The fraction of sp³-hybridized carbons (Fsp3) is 0.188. The van der Waals surface area contributed by atoms with E-state index in [9.17, 15) is 4.79 Å². The molecule has 0 radical (unpaired) electrons. The van der Waals surface area contributed by atoms with Crippen molar-refractivity contribution in [1.29, 1.82) is 0 Å². The van der Waals surface area contributed by atoms with Crippen molar-refractivity contribution in [3.8, 4) is 0 Å². The van der Waals surface area contributed by atoms with Crippen LogP contribution in [0.2, 0.25) is 0 Å². The van der Waals surface area contributed by atoms with Crippen molar-refractivity contribution in [3.63, 3.8) is 0 Å². The Bertz CT molecular complexity index is 653. The minimum absolute atomic E-state index is 0.105. The standard InChI is InChI=1S/C16H18N2OS/c1-10-4-6-13(8-11(10)2)20-15-9-12(16(19)18-3)5-7-14(15)17/h4-9H,17H2,1-3H3,(H,18,19). The highest BCUT2D eigenvalue weighted by atomic mass is 32.2. The molecule has 20 heavy (non-hydrogen) atoms. The highest BCUT2D eigenvalue weighted by Gasteiger charge is 2.08. The molecule has 0 saturated carbocycles. The molecule has 0 aromatic heterocycles. The summed E-state index contributed by atoms with van der Waals surface area (Å²) in [6, 6.07) is 11.6. The molecule has 4 heteroatoms. The average Bonchev–Trinajstić information content (AvgIpc) is 2.44. The summed E-state index contributed by atoms with van der Waals surface area (Å²) in [5.74, 6) is -0.105. The highest BCUT2D eigenvalue weighted by Crippen LogP contribution is 2.33. The first-order valence-corrected chi connectivity index (χ1v) is 7.19. The van der Waals surface area contributed by atoms with E-state index in [4.69, 9.17) is 5.73 Å². The van der Waals surface area contributed by atoms with Crippen LogP contribution < -0.4 is 11.1 Å². The summed E-state index contributed by atoms with van der Waals surface area (Å²) < 4.78 is 0. The molecule has 0 aliphatic heterocycles. The zero-order valence-electron chi connectivity index (χ0n) is 11.9. The van der Waals surface area contributed by atoms with Crippen molar-refractivity contribution < 1.29 is 4.79 Å². The van der Waals surface area contributed by atoms with E-state index >= 15 is 0 Å². The van der Waals surface area contributed by atoms with Crippen LogP contribution in [0.5, 0.6) is 0 Å². The normalized spacial score (nSPS) is 10.3. The van der Waals surface area contributed by atoms with Crippen molar-refractivity contribution in [2.45, 2.75) is 23.6 Å². The topological polar surface area (TPSA) is 55.1 Å². The molecular formula is C16H18N2OS. The molecule has 2 rings (SSSR count). The maximum atomic E-state index is 11.7. The summed E-state index contributed by atoms with van der Waals surface area (Å²) in [6.45, 7) is 4.17. The van der Waals surface area contributed by atoms with Gasteiger partial charge in [-0.25, -0.2) is 0 Å². The zero-order chi connectivity index (χ0) is 14.7. The number of nitrogen functional groups attached to an aromatic ring is 1. The van der Waals surface area contributed by atoms with Gasteiger partial charge < -0.3 is 11.1 Å². The molecule has 0 spiro atoms. The first-order valence-electron chi connectivity index (χ1n) is 6.38. The number of benzene rings is 2. The van der Waals surface area contributed by atoms with Crippen LogP contribution >= 0.6 is 11.8 Å². The molecule has 3 nitrogen and oxygen atoms in total. The lowest BCUT2D eigenvalue weighted by Crippen LogP contribution is -2.17. The summed E-state index contributed by atoms with van der Waals surface area (Å²) in [4.78, 5) is 13.7. The van der Waals surface area contributed by atoms with Gasteiger partial charge in [-0.05, 0) is 55.3 Å². The third kappa shape index (κ3) is 3.14. The molecule has 0 saturated heterocycles. The molecule has 0 unspecified atom stereocenters. The second-order valence-corrected chi connectivity index (χ2v) is 5.80. The Balaban J connectivity index is 2.32. The number of hydrogen-bond acceptors (Lipinski definition) is 3. The summed E-state index contributed by atoms with van der Waals surface area (Å²) >= 11 is 1.57. The van der Waals surface area contributed by atoms with Gasteiger partial charge in [-0.15, -0.1) is 0 Å². The van der Waals surface area contributed by atoms with Crippen LogP contribution in [0.4, 0.5) is 5.69 Å². The van der Waals surface area contributed by atoms with Gasteiger partial charge in [0.05, 0.1) is 0 Å². The van der Waals surface area contributed by atoms with Crippen molar-refractivity contribution in [2.24, 2.45) is 0 Å². The Hall–Kier alpha value is -1.94. The third-order valence-corrected chi connectivity index (χ3v) is 4.27. The first kappa shape index (κ1) is 14.5. The molecule has 2 aromatic rings. The summed E-state index contributed by atoms with van der Waals surface area (Å²) in [5.41, 5.74) is 9.81. The van der Waals surface area contributed by atoms with Gasteiger partial charge in [-0.1, -0.05) is 17.8 Å². The number of rotatable bonds is 3. The number of carbonyl (C=O) groups is 1. The van der Waals surface area contributed by atoms with E-state index in [1.807, 2.05) is 6.07 Å². The number of anilines is 1. The fourth-order valence-electron chi connectivity index (χ4n) is 1.81. The number of carbonyl (C=O) groups excluding carboxylic acids is 1. The van der Waals surface area contributed by atoms with Gasteiger partial charge in [0.1, 0.15) is 0 Å². The van der Waals surface area contributed by atoms with E-state index in [-0.39, 0.29) is 5.91 Å². The molecule has 0 fully saturated rings. The van der Waals surface area contributed by atoms with E-state index in [0.717, 1.165) is 9.79 Å². The van der Waals surface area contributed by atoms with Gasteiger partial charge in [0.15, 0.2) is 0 Å². The maximum absolute atomic E-state index is 11.7. The van der Waals surface area contributed by atoms with Gasteiger partial charge in [0.2, 0.25) is 0 Å². The Morgan fingerprint density at radius 1 is 1.10 bits per heavy atom. The first-order chi connectivity index (χ1) is 9.51. The van der Waals surface area contributed by atoms with Gasteiger partial charge >= 0.3 is 0 Å². The van der Waals surface area contributed by atoms with Crippen molar-refractivity contribution in [2.75, 3.05) is 12.8 Å². The van der Waals surface area contributed by atoms with Crippen molar-refractivity contribution in [1.82, 2.24) is 5.32 Å². The van der Waals surface area contributed by atoms with Crippen LogP contribution in [-0.4, -0.2) is 13.0 Å². The van der Waals surface area contributed by atoms with Crippen LogP contribution in [0, 0.1) is 13.8 Å². The SMILES string of the molecule is CNC(=O)c1ccc(N)c(Sc2ccc(C)c(C)c2)c1. The Morgan fingerprint density at radius 2 is 1.85 bits per heavy atom. The second-order valence-electron chi connectivity index (χ2n) is 4.68. The molecule has 3 N–H and O–H groups in total. The van der Waals surface area contributed by atoms with Crippen LogP contribution in [0.25, 0.3) is 0 Å². The third-order valence-electron chi connectivity index (χ3n) is 3.21. The molecule has 0 aliphatic rings. The molecule has 0 atom stereocenters. The summed E-state index contributed by atoms with van der Waals surface area (Å²) in [7, 11) is 1.62. The predicted octanol–water partition coefficient (Wildman–Crippen LogP) is 3.40. The second kappa shape index (κ2) is 6.01. The molecular weight excluding hydrogens is 268 g/mol. The van der Waals surface area contributed by atoms with Crippen molar-refractivity contribution >= 4 is 23.4 Å². The minimum atomic E-state index is -0.105. The molecule has 0 heterocycles. The predicted molar refractivity (Wildman–Crippen MR) is 84.3 cm³/mol. The van der Waals surface area contributed by atoms with E-state index in [1.165, 1.54) is 11.1 Å². The molecule has 104 valence electrons. The number of nitrogens with one attached hydrogen (secondary N) is 1. The Labute approximate surface area is 123 Å². The smallest absolute Gasteiger partial charge is 0.251 e. The van der Waals surface area contributed by atoms with Crippen LogP contribution in [0.1, 0.15) is 21.5 Å². The van der Waals surface area contributed by atoms with Crippen molar-refractivity contribution in [3.05, 3.63) is 53.1 Å². The lowest BCUT2D eigenvalue weighted by atomic mass is 10.1. The van der Waals surface area contributed by atoms with E-state index in [1.54, 1.807) is 30.9 Å². The monoisotopic (exact) mass is 286 g/mol. The zero-order valence-corrected chi connectivity index (χ0v) is 12.7. The van der Waals surface area contributed by atoms with Crippen LogP contribution in [0.15, 0.2) is 46.2 Å². The number of aryl methyl sites for hydroxylation is 2. The Kier molecular flexibility index (Phi) is 4.35. The fourth-order valence-corrected chi connectivity index (χ4v) is 2.81. The lowest BCUT2D eigenvalue weighted by molar-refractivity contribution is 0.0963. The van der Waals surface area contributed by atoms with Gasteiger partial charge in [-0.2, -0.15) is 0 Å². The van der Waals surface area contributed by atoms with Crippen LogP contribution in [-0.2, 0) is 0 Å². The van der Waals surface area contributed by atoms with Gasteiger partial charge in [0, 0.05) is 28.1 Å². The lowest BCUT2D eigenvalue weighted by Gasteiger charge is -2.09. The van der Waals surface area contributed by atoms with Crippen LogP contribution in [0.3, 0.4) is 0 Å². The minimum Gasteiger partial charge on any atom is -0.398 e. The van der Waals surface area contributed by atoms with E-state index < -0.39 is 0 Å². The molecule has 2 aromatic carbocycles. The van der Waals surface area contributed by atoms with E-state index in [0.29, 0.717) is 11.3 Å². The number of nitrogens with two attached hydrogens (primary N) is 1. The molecule has 0 aliphatic carbocycles. The summed E-state index contributed by atoms with van der Waals surface area (Å²) in [5, 5.41) is 2.62. The van der Waals surface area contributed by atoms with E-state index in [2.05, 4.69) is 37.4 Å². The highest BCUT2D eigenvalue weighted by molar-refractivity contribution is 7.99. The quantitative estimate of drug-likeness (QED) is 0.850. The largest absolute Gasteiger partial charge is 0.398 e. The maximum Gasteiger partial charge on any atom is 0.251 e. The Morgan fingerprint density at radius 3 is 2.50 bits per heavy atom. The number of hydrogen-bond donors (Lipinski definition) is 2. The molecule has 1 amide bonds.